The number of carboxylic acid groups (broad SMARTS) is 1. The Kier molecular flexibility index (Phi) is 3.73. The van der Waals surface area contributed by atoms with Gasteiger partial charge in [0.25, 0.3) is 0 Å². The fraction of sp³-hybridized carbons (Fsp3) is 0. The second-order valence-electron chi connectivity index (χ2n) is 1.39. The van der Waals surface area contributed by atoms with Gasteiger partial charge in [-0.2, -0.15) is 0 Å². The third kappa shape index (κ3) is 4.25. The monoisotopic (exact) mass is 178 g/mol. The van der Waals surface area contributed by atoms with Crippen LogP contribution < -0.4 is 0 Å². The summed E-state index contributed by atoms with van der Waals surface area (Å²) in [5, 5.41) is 23.7. The first kappa shape index (κ1) is 10.4. The third-order valence-corrected chi connectivity index (χ3v) is 0.559. The molecule has 0 aliphatic carbocycles. The topological polar surface area (TPSA) is 130 Å². The van der Waals surface area contributed by atoms with Crippen molar-refractivity contribution in [2.24, 2.45) is 0 Å². The molecule has 0 rings (SSSR count). The Bertz CT molecular complexity index is 208. The highest BCUT2D eigenvalue weighted by atomic mass is 16.7. The first-order chi connectivity index (χ1) is 5.43. The number of ether oxygens (including phenoxy) is 1. The van der Waals surface area contributed by atoms with Crippen molar-refractivity contribution in [1.29, 1.82) is 0 Å². The molecule has 0 aromatic carbocycles. The van der Waals surface area contributed by atoms with Gasteiger partial charge in [0.1, 0.15) is 0 Å². The van der Waals surface area contributed by atoms with Gasteiger partial charge < -0.3 is 24.5 Å². The van der Waals surface area contributed by atoms with Crippen molar-refractivity contribution in [3.05, 3.63) is 0 Å². The quantitative estimate of drug-likeness (QED) is 0.177. The molecule has 0 aliphatic rings. The third-order valence-electron chi connectivity index (χ3n) is 0.559. The SMILES string of the molecule is O=C(O)OC(=O)C(=O)OB(O)O. The van der Waals surface area contributed by atoms with Gasteiger partial charge in [-0.1, -0.05) is 0 Å². The van der Waals surface area contributed by atoms with Crippen LogP contribution in [0.4, 0.5) is 4.79 Å². The molecule has 0 spiro atoms. The Morgan fingerprint density at radius 1 is 1.08 bits per heavy atom. The van der Waals surface area contributed by atoms with E-state index < -0.39 is 25.4 Å². The zero-order valence-electron chi connectivity index (χ0n) is 5.46. The summed E-state index contributed by atoms with van der Waals surface area (Å²) >= 11 is 0. The summed E-state index contributed by atoms with van der Waals surface area (Å²) < 4.78 is 6.74. The lowest BCUT2D eigenvalue weighted by Gasteiger charge is -1.99. The van der Waals surface area contributed by atoms with Crippen molar-refractivity contribution in [2.45, 2.75) is 0 Å². The van der Waals surface area contributed by atoms with E-state index in [-0.39, 0.29) is 0 Å². The highest BCUT2D eigenvalue weighted by Gasteiger charge is 2.26. The van der Waals surface area contributed by atoms with E-state index in [4.69, 9.17) is 15.2 Å². The normalized spacial score (nSPS) is 8.50. The van der Waals surface area contributed by atoms with Gasteiger partial charge in [-0.25, -0.2) is 14.4 Å². The van der Waals surface area contributed by atoms with Gasteiger partial charge in [-0.3, -0.25) is 0 Å². The van der Waals surface area contributed by atoms with Crippen LogP contribution in [0.25, 0.3) is 0 Å². The molecule has 0 atom stereocenters. The standard InChI is InChI=1S/C3H3BO8/c5-1(11-3(7)8)2(6)12-4(9)10/h9-10H,(H,7,8). The molecule has 12 heavy (non-hydrogen) atoms. The molecule has 0 aliphatic heterocycles. The molecule has 3 N–H and O–H groups in total. The molecule has 0 aromatic heterocycles. The van der Waals surface area contributed by atoms with E-state index in [2.05, 4.69) is 9.39 Å². The van der Waals surface area contributed by atoms with E-state index in [0.29, 0.717) is 0 Å². The van der Waals surface area contributed by atoms with E-state index in [1.807, 2.05) is 0 Å². The van der Waals surface area contributed by atoms with Gasteiger partial charge in [0.05, 0.1) is 0 Å². The van der Waals surface area contributed by atoms with Gasteiger partial charge >= 0.3 is 25.4 Å². The summed E-state index contributed by atoms with van der Waals surface area (Å²) in [6.45, 7) is 0. The van der Waals surface area contributed by atoms with Crippen molar-refractivity contribution in [3.8, 4) is 0 Å². The molecule has 0 saturated carbocycles. The van der Waals surface area contributed by atoms with E-state index in [0.717, 1.165) is 0 Å². The average molecular weight is 178 g/mol. The number of rotatable bonds is 1. The van der Waals surface area contributed by atoms with E-state index >= 15 is 0 Å². The molecule has 66 valence electrons. The molecule has 0 unspecified atom stereocenters. The largest absolute Gasteiger partial charge is 0.709 e. The Hall–Kier alpha value is -1.61. The van der Waals surface area contributed by atoms with Crippen LogP contribution in [-0.2, 0) is 19.0 Å². The maximum atomic E-state index is 10.2. The molecule has 0 aromatic rings. The van der Waals surface area contributed by atoms with Crippen LogP contribution in [0.3, 0.4) is 0 Å². The lowest BCUT2D eigenvalue weighted by atomic mass is 10.3. The molecule has 0 bridgehead atoms. The molecule has 9 heteroatoms. The minimum absolute atomic E-state index is 1.81. The molecule has 0 amide bonds. The smallest absolute Gasteiger partial charge is 0.476 e. The summed E-state index contributed by atoms with van der Waals surface area (Å²) in [4.78, 5) is 30.0. The van der Waals surface area contributed by atoms with Gasteiger partial charge in [0.15, 0.2) is 0 Å². The van der Waals surface area contributed by atoms with Crippen molar-refractivity contribution >= 4 is 25.4 Å². The van der Waals surface area contributed by atoms with Crippen molar-refractivity contribution in [3.63, 3.8) is 0 Å². The zero-order chi connectivity index (χ0) is 9.72. The summed E-state index contributed by atoms with van der Waals surface area (Å²) in [6, 6.07) is 0. The predicted molar refractivity (Wildman–Crippen MR) is 30.4 cm³/mol. The highest BCUT2D eigenvalue weighted by Crippen LogP contribution is 1.85. The molecule has 0 saturated heterocycles. The second-order valence-corrected chi connectivity index (χ2v) is 1.39. The van der Waals surface area contributed by atoms with Crippen molar-refractivity contribution in [2.75, 3.05) is 0 Å². The molecule has 0 fully saturated rings. The molecule has 0 radical (unpaired) electrons. The van der Waals surface area contributed by atoms with E-state index in [1.54, 1.807) is 0 Å². The summed E-state index contributed by atoms with van der Waals surface area (Å²) in [5.74, 6) is -3.66. The number of hydrogen-bond acceptors (Lipinski definition) is 7. The van der Waals surface area contributed by atoms with Crippen LogP contribution in [-0.4, -0.2) is 40.6 Å². The van der Waals surface area contributed by atoms with E-state index in [1.165, 1.54) is 0 Å². The average Bonchev–Trinajstić information content (AvgIpc) is 1.84. The fourth-order valence-electron chi connectivity index (χ4n) is 0.265. The predicted octanol–water partition coefficient (Wildman–Crippen LogP) is -2.28. The first-order valence-corrected chi connectivity index (χ1v) is 2.45. The Balaban J connectivity index is 3.94. The molecular formula is C3H3BO8. The van der Waals surface area contributed by atoms with Crippen molar-refractivity contribution < 1.29 is 38.9 Å². The summed E-state index contributed by atoms with van der Waals surface area (Å²) in [5.41, 5.74) is 0. The van der Waals surface area contributed by atoms with Crippen LogP contribution in [0.1, 0.15) is 0 Å². The Labute approximate surface area is 65.5 Å². The number of carbonyl (C=O) groups is 3. The number of carbonyl (C=O) groups excluding carboxylic acids is 2. The van der Waals surface area contributed by atoms with Crippen LogP contribution in [0.15, 0.2) is 0 Å². The van der Waals surface area contributed by atoms with Gasteiger partial charge in [0, 0.05) is 0 Å². The number of hydrogen-bond donors (Lipinski definition) is 3. The first-order valence-electron chi connectivity index (χ1n) is 2.45. The second kappa shape index (κ2) is 4.31. The summed E-state index contributed by atoms with van der Waals surface area (Å²) in [7, 11) is -2.49. The minimum Gasteiger partial charge on any atom is -0.476 e. The molecular weight excluding hydrogens is 175 g/mol. The van der Waals surface area contributed by atoms with Crippen molar-refractivity contribution in [1.82, 2.24) is 0 Å². The molecule has 8 nitrogen and oxygen atoms in total. The minimum atomic E-state index is -2.49. The van der Waals surface area contributed by atoms with Gasteiger partial charge in [-0.05, 0) is 0 Å². The Morgan fingerprint density at radius 3 is 1.92 bits per heavy atom. The van der Waals surface area contributed by atoms with Crippen LogP contribution in [0.5, 0.6) is 0 Å². The van der Waals surface area contributed by atoms with Crippen LogP contribution in [0, 0.1) is 0 Å². The number of esters is 1. The highest BCUT2D eigenvalue weighted by molar-refractivity contribution is 6.43. The van der Waals surface area contributed by atoms with Crippen LogP contribution in [0.2, 0.25) is 0 Å². The lowest BCUT2D eigenvalue weighted by Crippen LogP contribution is -2.29. The lowest BCUT2D eigenvalue weighted by molar-refractivity contribution is -0.160. The van der Waals surface area contributed by atoms with Gasteiger partial charge in [0.2, 0.25) is 0 Å². The maximum Gasteiger partial charge on any atom is 0.709 e. The zero-order valence-corrected chi connectivity index (χ0v) is 5.46. The maximum absolute atomic E-state index is 10.2. The molecule has 0 heterocycles. The van der Waals surface area contributed by atoms with E-state index in [9.17, 15) is 14.4 Å². The fourth-order valence-corrected chi connectivity index (χ4v) is 0.265. The summed E-state index contributed by atoms with van der Waals surface area (Å²) in [6.07, 6.45) is -2.00. The van der Waals surface area contributed by atoms with Gasteiger partial charge in [-0.15, -0.1) is 0 Å². The Morgan fingerprint density at radius 2 is 1.58 bits per heavy atom. The van der Waals surface area contributed by atoms with Crippen LogP contribution >= 0.6 is 0 Å².